The molecule has 2 aliphatic heterocycles. The molecule has 2 aliphatic rings. The lowest BCUT2D eigenvalue weighted by Crippen LogP contribution is -2.32. The van der Waals surface area contributed by atoms with E-state index in [-0.39, 0.29) is 6.35 Å². The van der Waals surface area contributed by atoms with E-state index >= 15 is 0 Å². The van der Waals surface area contributed by atoms with E-state index < -0.39 is 0 Å². The summed E-state index contributed by atoms with van der Waals surface area (Å²) in [6.07, 6.45) is 9.39. The standard InChI is InChI=1S/C7H8N2O/c1-3-8-7-9(4-1)5-2-6-10-7/h1-5,7H,6H2. The van der Waals surface area contributed by atoms with Crippen LogP contribution >= 0.6 is 0 Å². The van der Waals surface area contributed by atoms with Crippen LogP contribution in [0.2, 0.25) is 0 Å². The van der Waals surface area contributed by atoms with Gasteiger partial charge in [-0.3, -0.25) is 0 Å². The molecule has 1 unspecified atom stereocenters. The second-order valence-electron chi connectivity index (χ2n) is 2.13. The molecule has 10 heavy (non-hydrogen) atoms. The van der Waals surface area contributed by atoms with Crippen molar-refractivity contribution in [1.82, 2.24) is 4.90 Å². The summed E-state index contributed by atoms with van der Waals surface area (Å²) in [4.78, 5) is 6.01. The first-order chi connectivity index (χ1) is 4.97. The number of fused-ring (bicyclic) bond motifs is 1. The number of rotatable bonds is 0. The molecule has 2 heterocycles. The molecule has 0 saturated carbocycles. The normalized spacial score (nSPS) is 28.8. The quantitative estimate of drug-likeness (QED) is 0.490. The van der Waals surface area contributed by atoms with Gasteiger partial charge in [0.1, 0.15) is 0 Å². The highest BCUT2D eigenvalue weighted by atomic mass is 16.5. The molecule has 0 saturated heterocycles. The molecule has 0 aliphatic carbocycles. The molecule has 0 fully saturated rings. The van der Waals surface area contributed by atoms with Gasteiger partial charge in [0, 0.05) is 18.6 Å². The van der Waals surface area contributed by atoms with Crippen molar-refractivity contribution in [1.29, 1.82) is 0 Å². The van der Waals surface area contributed by atoms with Crippen LogP contribution in [0.1, 0.15) is 0 Å². The van der Waals surface area contributed by atoms with Gasteiger partial charge in [0.25, 0.3) is 0 Å². The smallest absolute Gasteiger partial charge is 0.231 e. The minimum absolute atomic E-state index is 0.116. The van der Waals surface area contributed by atoms with Crippen LogP contribution in [0, 0.1) is 0 Å². The summed E-state index contributed by atoms with van der Waals surface area (Å²) in [5, 5.41) is 0. The van der Waals surface area contributed by atoms with E-state index in [1.165, 1.54) is 0 Å². The van der Waals surface area contributed by atoms with Crippen molar-refractivity contribution in [3.05, 3.63) is 24.6 Å². The number of allylic oxidation sites excluding steroid dienone is 1. The van der Waals surface area contributed by atoms with Crippen molar-refractivity contribution >= 4 is 6.21 Å². The fraction of sp³-hybridized carbons (Fsp3) is 0.286. The van der Waals surface area contributed by atoms with Crippen LogP contribution in [-0.2, 0) is 4.74 Å². The van der Waals surface area contributed by atoms with Gasteiger partial charge in [0.15, 0.2) is 0 Å². The largest absolute Gasteiger partial charge is 0.335 e. The van der Waals surface area contributed by atoms with Crippen LogP contribution in [0.15, 0.2) is 29.5 Å². The van der Waals surface area contributed by atoms with Crippen molar-refractivity contribution < 1.29 is 4.74 Å². The first-order valence-corrected chi connectivity index (χ1v) is 3.22. The minimum atomic E-state index is -0.116. The summed E-state index contributed by atoms with van der Waals surface area (Å²) in [7, 11) is 0. The molecule has 1 atom stereocenters. The first-order valence-electron chi connectivity index (χ1n) is 3.22. The number of nitrogens with zero attached hydrogens (tertiary/aromatic N) is 2. The van der Waals surface area contributed by atoms with Gasteiger partial charge >= 0.3 is 0 Å². The van der Waals surface area contributed by atoms with Crippen LogP contribution in [0.25, 0.3) is 0 Å². The van der Waals surface area contributed by atoms with Gasteiger partial charge < -0.3 is 9.64 Å². The Morgan fingerprint density at radius 2 is 2.50 bits per heavy atom. The average molecular weight is 136 g/mol. The molecule has 0 spiro atoms. The minimum Gasteiger partial charge on any atom is -0.335 e. The predicted octanol–water partition coefficient (Wildman–Crippen LogP) is 0.714. The molecule has 0 aromatic heterocycles. The lowest BCUT2D eigenvalue weighted by atomic mass is 10.4. The topological polar surface area (TPSA) is 24.8 Å². The van der Waals surface area contributed by atoms with Gasteiger partial charge in [-0.1, -0.05) is 0 Å². The van der Waals surface area contributed by atoms with E-state index in [0.29, 0.717) is 6.61 Å². The van der Waals surface area contributed by atoms with Crippen molar-refractivity contribution in [3.63, 3.8) is 0 Å². The maximum atomic E-state index is 5.27. The zero-order valence-corrected chi connectivity index (χ0v) is 5.47. The third-order valence-corrected chi connectivity index (χ3v) is 1.43. The van der Waals surface area contributed by atoms with Crippen molar-refractivity contribution in [2.45, 2.75) is 6.35 Å². The predicted molar refractivity (Wildman–Crippen MR) is 38.4 cm³/mol. The molecule has 0 aromatic carbocycles. The van der Waals surface area contributed by atoms with E-state index in [1.54, 1.807) is 6.21 Å². The van der Waals surface area contributed by atoms with Gasteiger partial charge in [-0.2, -0.15) is 0 Å². The highest BCUT2D eigenvalue weighted by Crippen LogP contribution is 2.11. The van der Waals surface area contributed by atoms with Crippen molar-refractivity contribution in [2.75, 3.05) is 6.61 Å². The molecule has 0 N–H and O–H groups in total. The Morgan fingerprint density at radius 3 is 3.40 bits per heavy atom. The van der Waals surface area contributed by atoms with Crippen LogP contribution < -0.4 is 0 Å². The van der Waals surface area contributed by atoms with E-state index in [4.69, 9.17) is 4.74 Å². The lowest BCUT2D eigenvalue weighted by Gasteiger charge is -2.28. The third kappa shape index (κ3) is 0.844. The van der Waals surface area contributed by atoms with Crippen LogP contribution in [-0.4, -0.2) is 24.1 Å². The Labute approximate surface area is 59.3 Å². The zero-order valence-electron chi connectivity index (χ0n) is 5.47. The monoisotopic (exact) mass is 136 g/mol. The van der Waals surface area contributed by atoms with Crippen molar-refractivity contribution in [3.8, 4) is 0 Å². The molecule has 2 rings (SSSR count). The molecule has 3 heteroatoms. The fourth-order valence-electron chi connectivity index (χ4n) is 0.971. The van der Waals surface area contributed by atoms with Gasteiger partial charge in [0.2, 0.25) is 6.35 Å². The number of hydrogen-bond acceptors (Lipinski definition) is 3. The van der Waals surface area contributed by atoms with Crippen LogP contribution in [0.5, 0.6) is 0 Å². The molecule has 0 aromatic rings. The first kappa shape index (κ1) is 5.68. The summed E-state index contributed by atoms with van der Waals surface area (Å²) < 4.78 is 5.27. The molecular weight excluding hydrogens is 128 g/mol. The summed E-state index contributed by atoms with van der Waals surface area (Å²) in [6.45, 7) is 0.659. The third-order valence-electron chi connectivity index (χ3n) is 1.43. The van der Waals surface area contributed by atoms with Crippen molar-refractivity contribution in [2.24, 2.45) is 4.99 Å². The molecule has 0 amide bonds. The SMILES string of the molecule is C1=CN2C=CCOC2N=C1. The molecule has 0 radical (unpaired) electrons. The maximum Gasteiger partial charge on any atom is 0.231 e. The van der Waals surface area contributed by atoms with E-state index in [1.807, 2.05) is 29.5 Å². The number of aliphatic imine (C=N–C) groups is 1. The van der Waals surface area contributed by atoms with E-state index in [0.717, 1.165) is 0 Å². The Kier molecular flexibility index (Phi) is 1.29. The summed E-state index contributed by atoms with van der Waals surface area (Å²) in [5.74, 6) is 0. The summed E-state index contributed by atoms with van der Waals surface area (Å²) in [6, 6.07) is 0. The van der Waals surface area contributed by atoms with Crippen LogP contribution in [0.4, 0.5) is 0 Å². The molecular formula is C7H8N2O. The van der Waals surface area contributed by atoms with E-state index in [2.05, 4.69) is 4.99 Å². The highest BCUT2D eigenvalue weighted by Gasteiger charge is 2.15. The Morgan fingerprint density at radius 1 is 1.50 bits per heavy atom. The van der Waals surface area contributed by atoms with Gasteiger partial charge in [-0.05, 0) is 12.2 Å². The Bertz CT molecular complexity index is 208. The Hall–Kier alpha value is -1.09. The maximum absolute atomic E-state index is 5.27. The van der Waals surface area contributed by atoms with Crippen LogP contribution in [0.3, 0.4) is 0 Å². The molecule has 0 bridgehead atoms. The van der Waals surface area contributed by atoms with Gasteiger partial charge in [-0.25, -0.2) is 4.99 Å². The molecule has 3 nitrogen and oxygen atoms in total. The van der Waals surface area contributed by atoms with E-state index in [9.17, 15) is 0 Å². The van der Waals surface area contributed by atoms with Gasteiger partial charge in [0.05, 0.1) is 6.61 Å². The lowest BCUT2D eigenvalue weighted by molar-refractivity contribution is -0.00851. The second-order valence-corrected chi connectivity index (χ2v) is 2.13. The summed E-state index contributed by atoms with van der Waals surface area (Å²) in [5.41, 5.74) is 0. The number of ether oxygens (including phenoxy) is 1. The number of hydrogen-bond donors (Lipinski definition) is 0. The highest BCUT2D eigenvalue weighted by molar-refractivity contribution is 5.71. The zero-order chi connectivity index (χ0) is 6.81. The Balaban J connectivity index is 2.21. The second kappa shape index (κ2) is 2.27. The van der Waals surface area contributed by atoms with Gasteiger partial charge in [-0.15, -0.1) is 0 Å². The fourth-order valence-corrected chi connectivity index (χ4v) is 0.971. The average Bonchev–Trinajstić information content (AvgIpc) is 2.05. The summed E-state index contributed by atoms with van der Waals surface area (Å²) >= 11 is 0. The molecule has 52 valence electrons.